The first kappa shape index (κ1) is 17.1. The van der Waals surface area contributed by atoms with E-state index in [1.165, 1.54) is 0 Å². The van der Waals surface area contributed by atoms with Gasteiger partial charge in [-0.2, -0.15) is 0 Å². The van der Waals surface area contributed by atoms with Crippen molar-refractivity contribution in [2.75, 3.05) is 6.54 Å². The highest BCUT2D eigenvalue weighted by Gasteiger charge is 2.14. The second kappa shape index (κ2) is 7.41. The van der Waals surface area contributed by atoms with Gasteiger partial charge in [0, 0.05) is 22.5 Å². The maximum absolute atomic E-state index is 12.4. The lowest BCUT2D eigenvalue weighted by atomic mass is 10.1. The van der Waals surface area contributed by atoms with E-state index in [4.69, 9.17) is 11.6 Å². The summed E-state index contributed by atoms with van der Waals surface area (Å²) in [6.45, 7) is 5.35. The van der Waals surface area contributed by atoms with Gasteiger partial charge in [-0.15, -0.1) is 11.3 Å². The van der Waals surface area contributed by atoms with Gasteiger partial charge in [0.2, 0.25) is 5.91 Å². The van der Waals surface area contributed by atoms with E-state index >= 15 is 0 Å². The lowest BCUT2D eigenvalue weighted by Gasteiger charge is -2.11. The molecule has 0 saturated carbocycles. The molecule has 2 heterocycles. The fourth-order valence-electron chi connectivity index (χ4n) is 2.74. The Bertz CT molecular complexity index is 837. The molecule has 0 spiro atoms. The van der Waals surface area contributed by atoms with Crippen molar-refractivity contribution in [3.8, 4) is 10.6 Å². The van der Waals surface area contributed by atoms with Crippen molar-refractivity contribution in [3.05, 3.63) is 46.8 Å². The predicted molar refractivity (Wildman–Crippen MR) is 103 cm³/mol. The fourth-order valence-corrected chi connectivity index (χ4v) is 3.67. The molecule has 0 bridgehead atoms. The highest BCUT2D eigenvalue weighted by atomic mass is 35.5. The molecule has 0 aliphatic heterocycles. The quantitative estimate of drug-likeness (QED) is 0.645. The zero-order chi connectivity index (χ0) is 17.1. The highest BCUT2D eigenvalue weighted by molar-refractivity contribution is 7.13. The Morgan fingerprint density at radius 1 is 1.29 bits per heavy atom. The van der Waals surface area contributed by atoms with Crippen molar-refractivity contribution in [2.24, 2.45) is 5.92 Å². The first-order valence-electron chi connectivity index (χ1n) is 8.14. The van der Waals surface area contributed by atoms with Crippen molar-refractivity contribution in [2.45, 2.75) is 26.8 Å². The van der Waals surface area contributed by atoms with Crippen molar-refractivity contribution in [1.29, 1.82) is 0 Å². The number of nitrogens with one attached hydrogen (secondary N) is 1. The Kier molecular flexibility index (Phi) is 5.27. The third-order valence-electron chi connectivity index (χ3n) is 3.98. The average molecular weight is 361 g/mol. The predicted octanol–water partition coefficient (Wildman–Crippen LogP) is 5.19. The highest BCUT2D eigenvalue weighted by Crippen LogP contribution is 2.32. The van der Waals surface area contributed by atoms with E-state index in [9.17, 15) is 4.79 Å². The Hall–Kier alpha value is -1.78. The molecule has 0 aliphatic rings. The number of hydrogen-bond donors (Lipinski definition) is 1. The van der Waals surface area contributed by atoms with Gasteiger partial charge in [0.1, 0.15) is 6.54 Å². The average Bonchev–Trinajstić information content (AvgIpc) is 3.14. The van der Waals surface area contributed by atoms with Gasteiger partial charge in [-0.3, -0.25) is 4.79 Å². The second-order valence-electron chi connectivity index (χ2n) is 6.33. The number of benzene rings is 1. The number of fused-ring (bicyclic) bond motifs is 1. The van der Waals surface area contributed by atoms with Crippen LogP contribution in [-0.4, -0.2) is 17.0 Å². The van der Waals surface area contributed by atoms with Gasteiger partial charge in [-0.1, -0.05) is 31.5 Å². The number of halogens is 1. The standard InChI is InChI=1S/C19H21ClN2OS/c1-13(2)7-8-21-19(23)12-22-16-6-5-15(20)10-14(16)11-17(22)18-4-3-9-24-18/h3-6,9-11,13H,7-8,12H2,1-2H3,(H,21,23). The molecule has 0 atom stereocenters. The van der Waals surface area contributed by atoms with Gasteiger partial charge in [0.15, 0.2) is 0 Å². The largest absolute Gasteiger partial charge is 0.355 e. The number of nitrogens with zero attached hydrogens (tertiary/aromatic N) is 1. The molecule has 0 aliphatic carbocycles. The number of hydrogen-bond acceptors (Lipinski definition) is 2. The minimum Gasteiger partial charge on any atom is -0.355 e. The van der Waals surface area contributed by atoms with E-state index in [1.54, 1.807) is 11.3 Å². The zero-order valence-corrected chi connectivity index (χ0v) is 15.5. The van der Waals surface area contributed by atoms with Gasteiger partial charge in [0.05, 0.1) is 10.6 Å². The zero-order valence-electron chi connectivity index (χ0n) is 13.9. The van der Waals surface area contributed by atoms with E-state index in [2.05, 4.69) is 35.9 Å². The SMILES string of the molecule is CC(C)CCNC(=O)Cn1c(-c2cccs2)cc2cc(Cl)ccc21. The summed E-state index contributed by atoms with van der Waals surface area (Å²) in [6.07, 6.45) is 0.992. The third kappa shape index (κ3) is 3.82. The van der Waals surface area contributed by atoms with E-state index in [0.29, 0.717) is 17.5 Å². The molecular weight excluding hydrogens is 340 g/mol. The molecule has 5 heteroatoms. The lowest BCUT2D eigenvalue weighted by Crippen LogP contribution is -2.29. The number of amides is 1. The van der Waals surface area contributed by atoms with Crippen molar-refractivity contribution < 1.29 is 4.79 Å². The summed E-state index contributed by atoms with van der Waals surface area (Å²) < 4.78 is 2.07. The minimum atomic E-state index is 0.0425. The number of aromatic nitrogens is 1. The van der Waals surface area contributed by atoms with Crippen LogP contribution in [-0.2, 0) is 11.3 Å². The summed E-state index contributed by atoms with van der Waals surface area (Å²) in [4.78, 5) is 13.5. The molecule has 1 amide bonds. The molecule has 3 rings (SSSR count). The van der Waals surface area contributed by atoms with Crippen LogP contribution in [0.1, 0.15) is 20.3 Å². The molecule has 1 N–H and O–H groups in total. The Morgan fingerprint density at radius 3 is 2.83 bits per heavy atom. The molecule has 3 nitrogen and oxygen atoms in total. The summed E-state index contributed by atoms with van der Waals surface area (Å²) in [6, 6.07) is 12.0. The third-order valence-corrected chi connectivity index (χ3v) is 5.11. The van der Waals surface area contributed by atoms with Crippen LogP contribution in [0, 0.1) is 5.92 Å². The second-order valence-corrected chi connectivity index (χ2v) is 7.71. The molecule has 2 aromatic heterocycles. The summed E-state index contributed by atoms with van der Waals surface area (Å²) in [7, 11) is 0. The van der Waals surface area contributed by atoms with Crippen LogP contribution < -0.4 is 5.32 Å². The number of rotatable bonds is 6. The van der Waals surface area contributed by atoms with Gasteiger partial charge >= 0.3 is 0 Å². The lowest BCUT2D eigenvalue weighted by molar-refractivity contribution is -0.121. The van der Waals surface area contributed by atoms with Gasteiger partial charge in [0.25, 0.3) is 0 Å². The van der Waals surface area contributed by atoms with Crippen LogP contribution >= 0.6 is 22.9 Å². The van der Waals surface area contributed by atoms with Crippen LogP contribution in [0.15, 0.2) is 41.8 Å². The Labute approximate surface area is 151 Å². The summed E-state index contributed by atoms with van der Waals surface area (Å²) in [5.74, 6) is 0.627. The van der Waals surface area contributed by atoms with Crippen LogP contribution in [0.5, 0.6) is 0 Å². The smallest absolute Gasteiger partial charge is 0.239 e. The van der Waals surface area contributed by atoms with Crippen LogP contribution in [0.2, 0.25) is 5.02 Å². The van der Waals surface area contributed by atoms with Crippen LogP contribution in [0.4, 0.5) is 0 Å². The molecule has 1 aromatic carbocycles. The summed E-state index contributed by atoms with van der Waals surface area (Å²) >= 11 is 7.80. The molecular formula is C19H21ClN2OS. The summed E-state index contributed by atoms with van der Waals surface area (Å²) in [5.41, 5.74) is 2.09. The van der Waals surface area contributed by atoms with E-state index in [-0.39, 0.29) is 5.91 Å². The molecule has 0 unspecified atom stereocenters. The molecule has 3 aromatic rings. The molecule has 126 valence electrons. The first-order valence-corrected chi connectivity index (χ1v) is 9.39. The van der Waals surface area contributed by atoms with Gasteiger partial charge in [-0.25, -0.2) is 0 Å². The minimum absolute atomic E-state index is 0.0425. The number of thiophene rings is 1. The van der Waals surface area contributed by atoms with E-state index in [0.717, 1.165) is 34.4 Å². The van der Waals surface area contributed by atoms with E-state index < -0.39 is 0 Å². The number of carbonyl (C=O) groups excluding carboxylic acids is 1. The van der Waals surface area contributed by atoms with Gasteiger partial charge in [-0.05, 0) is 48.1 Å². The first-order chi connectivity index (χ1) is 11.5. The van der Waals surface area contributed by atoms with Crippen LogP contribution in [0.25, 0.3) is 21.5 Å². The Balaban J connectivity index is 1.90. The van der Waals surface area contributed by atoms with E-state index in [1.807, 2.05) is 29.6 Å². The summed E-state index contributed by atoms with van der Waals surface area (Å²) in [5, 5.41) is 6.83. The number of carbonyl (C=O) groups is 1. The van der Waals surface area contributed by atoms with Crippen molar-refractivity contribution in [1.82, 2.24) is 9.88 Å². The molecule has 0 radical (unpaired) electrons. The Morgan fingerprint density at radius 2 is 2.12 bits per heavy atom. The molecule has 24 heavy (non-hydrogen) atoms. The van der Waals surface area contributed by atoms with Gasteiger partial charge < -0.3 is 9.88 Å². The topological polar surface area (TPSA) is 34.0 Å². The molecule has 0 saturated heterocycles. The fraction of sp³-hybridized carbons (Fsp3) is 0.316. The normalized spacial score (nSPS) is 11.3. The monoisotopic (exact) mass is 360 g/mol. The maximum atomic E-state index is 12.4. The van der Waals surface area contributed by atoms with Crippen LogP contribution in [0.3, 0.4) is 0 Å². The molecule has 0 fully saturated rings. The van der Waals surface area contributed by atoms with Crippen molar-refractivity contribution >= 4 is 39.7 Å². The maximum Gasteiger partial charge on any atom is 0.239 e. The van der Waals surface area contributed by atoms with Crippen molar-refractivity contribution in [3.63, 3.8) is 0 Å².